The number of nitrogens with one attached hydrogen (secondary N) is 1. The molecule has 0 bridgehead atoms. The highest BCUT2D eigenvalue weighted by Crippen LogP contribution is 2.35. The fourth-order valence-corrected chi connectivity index (χ4v) is 2.21. The minimum absolute atomic E-state index is 0.320. The molecule has 1 unspecified atom stereocenters. The Morgan fingerprint density at radius 3 is 3.00 bits per heavy atom. The monoisotopic (exact) mass is 220 g/mol. The Balaban J connectivity index is 2.23. The summed E-state index contributed by atoms with van der Waals surface area (Å²) >= 11 is 0. The molecule has 0 aromatic carbocycles. The van der Waals surface area contributed by atoms with Crippen LogP contribution in [0, 0.1) is 5.41 Å². The van der Waals surface area contributed by atoms with Gasteiger partial charge in [0.25, 0.3) is 0 Å². The predicted molar refractivity (Wildman–Crippen MR) is 64.8 cm³/mol. The van der Waals surface area contributed by atoms with Gasteiger partial charge in [0, 0.05) is 11.7 Å². The van der Waals surface area contributed by atoms with Crippen molar-refractivity contribution in [2.45, 2.75) is 39.7 Å². The van der Waals surface area contributed by atoms with Crippen molar-refractivity contribution in [2.75, 3.05) is 6.54 Å². The smallest absolute Gasteiger partial charge is 0.138 e. The van der Waals surface area contributed by atoms with Gasteiger partial charge in [-0.25, -0.2) is 9.67 Å². The second-order valence-corrected chi connectivity index (χ2v) is 5.02. The Labute approximate surface area is 96.8 Å². The first-order chi connectivity index (χ1) is 7.63. The molecule has 1 N–H and O–H groups in total. The van der Waals surface area contributed by atoms with E-state index in [2.05, 4.69) is 42.2 Å². The van der Waals surface area contributed by atoms with E-state index in [1.165, 1.54) is 12.1 Å². The summed E-state index contributed by atoms with van der Waals surface area (Å²) in [6, 6.07) is 0.422. The van der Waals surface area contributed by atoms with Gasteiger partial charge in [-0.05, 0) is 30.9 Å². The molecular formula is C12H20N4. The maximum absolute atomic E-state index is 4.19. The van der Waals surface area contributed by atoms with Crippen LogP contribution in [-0.4, -0.2) is 27.4 Å². The molecule has 0 amide bonds. The third-order valence-corrected chi connectivity index (χ3v) is 3.36. The van der Waals surface area contributed by atoms with E-state index >= 15 is 0 Å². The molecule has 0 aliphatic heterocycles. The molecule has 16 heavy (non-hydrogen) atoms. The number of hydrogen-bond donors (Lipinski definition) is 1. The van der Waals surface area contributed by atoms with Crippen LogP contribution in [0.25, 0.3) is 5.70 Å². The Hall–Kier alpha value is -1.16. The molecule has 1 aromatic rings. The van der Waals surface area contributed by atoms with E-state index in [1.54, 1.807) is 12.7 Å². The molecule has 88 valence electrons. The van der Waals surface area contributed by atoms with Crippen molar-refractivity contribution in [1.82, 2.24) is 20.1 Å². The minimum Gasteiger partial charge on any atom is -0.310 e. The van der Waals surface area contributed by atoms with Gasteiger partial charge in [0.15, 0.2) is 0 Å². The molecule has 1 aliphatic rings. The molecule has 4 heteroatoms. The van der Waals surface area contributed by atoms with Crippen LogP contribution in [0.2, 0.25) is 0 Å². The number of nitrogens with zero attached hydrogens (tertiary/aromatic N) is 3. The Kier molecular flexibility index (Phi) is 3.10. The van der Waals surface area contributed by atoms with E-state index in [0.717, 1.165) is 13.0 Å². The molecule has 2 rings (SSSR count). The summed E-state index contributed by atoms with van der Waals surface area (Å²) in [5, 5.41) is 7.72. The van der Waals surface area contributed by atoms with Crippen LogP contribution >= 0.6 is 0 Å². The molecule has 1 aliphatic carbocycles. The van der Waals surface area contributed by atoms with Gasteiger partial charge in [0.05, 0.1) is 0 Å². The SMILES string of the molecule is CCNC1C=C(n2cncn2)CCC1(C)C. The zero-order valence-electron chi connectivity index (χ0n) is 10.3. The van der Waals surface area contributed by atoms with Gasteiger partial charge in [-0.3, -0.25) is 0 Å². The number of likely N-dealkylation sites (N-methyl/N-ethyl adjacent to an activating group) is 1. The Morgan fingerprint density at radius 2 is 2.38 bits per heavy atom. The normalized spacial score (nSPS) is 24.2. The Morgan fingerprint density at radius 1 is 1.56 bits per heavy atom. The number of rotatable bonds is 3. The topological polar surface area (TPSA) is 42.7 Å². The molecule has 0 radical (unpaired) electrons. The summed E-state index contributed by atoms with van der Waals surface area (Å²) in [5.74, 6) is 0. The highest BCUT2D eigenvalue weighted by atomic mass is 15.3. The van der Waals surface area contributed by atoms with Gasteiger partial charge in [0.1, 0.15) is 12.7 Å². The molecular weight excluding hydrogens is 200 g/mol. The van der Waals surface area contributed by atoms with Crippen LogP contribution in [0.15, 0.2) is 18.7 Å². The van der Waals surface area contributed by atoms with Crippen molar-refractivity contribution in [1.29, 1.82) is 0 Å². The lowest BCUT2D eigenvalue weighted by Crippen LogP contribution is -2.42. The third-order valence-electron chi connectivity index (χ3n) is 3.36. The van der Waals surface area contributed by atoms with Crippen LogP contribution in [0.1, 0.15) is 33.6 Å². The molecule has 0 spiro atoms. The highest BCUT2D eigenvalue weighted by molar-refractivity contribution is 5.47. The van der Waals surface area contributed by atoms with Gasteiger partial charge < -0.3 is 5.32 Å². The largest absolute Gasteiger partial charge is 0.310 e. The summed E-state index contributed by atoms with van der Waals surface area (Å²) in [6.45, 7) is 7.77. The van der Waals surface area contributed by atoms with Crippen molar-refractivity contribution in [3.63, 3.8) is 0 Å². The van der Waals surface area contributed by atoms with Gasteiger partial charge >= 0.3 is 0 Å². The van der Waals surface area contributed by atoms with E-state index in [1.807, 2.05) is 4.68 Å². The first-order valence-electron chi connectivity index (χ1n) is 5.92. The maximum atomic E-state index is 4.19. The number of allylic oxidation sites excluding steroid dienone is 1. The van der Waals surface area contributed by atoms with E-state index in [9.17, 15) is 0 Å². The summed E-state index contributed by atoms with van der Waals surface area (Å²) in [4.78, 5) is 4.00. The van der Waals surface area contributed by atoms with Crippen LogP contribution in [0.4, 0.5) is 0 Å². The minimum atomic E-state index is 0.320. The van der Waals surface area contributed by atoms with Crippen molar-refractivity contribution in [2.24, 2.45) is 5.41 Å². The fraction of sp³-hybridized carbons (Fsp3) is 0.667. The lowest BCUT2D eigenvalue weighted by molar-refractivity contribution is 0.254. The highest BCUT2D eigenvalue weighted by Gasteiger charge is 2.31. The predicted octanol–water partition coefficient (Wildman–Crippen LogP) is 1.92. The zero-order valence-corrected chi connectivity index (χ0v) is 10.3. The van der Waals surface area contributed by atoms with E-state index in [4.69, 9.17) is 0 Å². The number of aromatic nitrogens is 3. The second kappa shape index (κ2) is 4.37. The van der Waals surface area contributed by atoms with Crippen molar-refractivity contribution in [3.05, 3.63) is 18.7 Å². The van der Waals surface area contributed by atoms with Gasteiger partial charge in [0.2, 0.25) is 0 Å². The standard InChI is InChI=1S/C12H20N4/c1-4-14-11-7-10(5-6-12(11,2)3)16-9-13-8-15-16/h7-9,11,14H,4-6H2,1-3H3. The summed E-state index contributed by atoms with van der Waals surface area (Å²) in [7, 11) is 0. The quantitative estimate of drug-likeness (QED) is 0.846. The van der Waals surface area contributed by atoms with E-state index in [-0.39, 0.29) is 0 Å². The van der Waals surface area contributed by atoms with E-state index < -0.39 is 0 Å². The molecule has 0 saturated carbocycles. The van der Waals surface area contributed by atoms with Crippen LogP contribution < -0.4 is 5.32 Å². The summed E-state index contributed by atoms with van der Waals surface area (Å²) in [5.41, 5.74) is 1.57. The maximum Gasteiger partial charge on any atom is 0.138 e. The van der Waals surface area contributed by atoms with Gasteiger partial charge in [-0.1, -0.05) is 20.8 Å². The average molecular weight is 220 g/mol. The molecule has 1 heterocycles. The van der Waals surface area contributed by atoms with Crippen LogP contribution in [0.5, 0.6) is 0 Å². The van der Waals surface area contributed by atoms with Crippen molar-refractivity contribution < 1.29 is 0 Å². The number of hydrogen-bond acceptors (Lipinski definition) is 3. The van der Waals surface area contributed by atoms with Crippen LogP contribution in [-0.2, 0) is 0 Å². The lowest BCUT2D eigenvalue weighted by Gasteiger charge is -2.37. The first-order valence-corrected chi connectivity index (χ1v) is 5.92. The van der Waals surface area contributed by atoms with E-state index in [0.29, 0.717) is 11.5 Å². The zero-order chi connectivity index (χ0) is 11.6. The third kappa shape index (κ3) is 2.16. The van der Waals surface area contributed by atoms with Crippen molar-refractivity contribution in [3.8, 4) is 0 Å². The lowest BCUT2D eigenvalue weighted by atomic mass is 9.76. The summed E-state index contributed by atoms with van der Waals surface area (Å²) in [6.07, 6.45) is 7.90. The molecule has 1 aromatic heterocycles. The Bertz CT molecular complexity index is 364. The van der Waals surface area contributed by atoms with Gasteiger partial charge in [-0.15, -0.1) is 0 Å². The van der Waals surface area contributed by atoms with Crippen LogP contribution in [0.3, 0.4) is 0 Å². The van der Waals surface area contributed by atoms with Gasteiger partial charge in [-0.2, -0.15) is 5.10 Å². The molecule has 4 nitrogen and oxygen atoms in total. The average Bonchev–Trinajstić information content (AvgIpc) is 2.74. The van der Waals surface area contributed by atoms with Crippen molar-refractivity contribution >= 4 is 5.70 Å². The molecule has 0 fully saturated rings. The molecule has 1 atom stereocenters. The fourth-order valence-electron chi connectivity index (χ4n) is 2.21. The molecule has 0 saturated heterocycles. The first kappa shape index (κ1) is 11.3. The summed E-state index contributed by atoms with van der Waals surface area (Å²) < 4.78 is 1.87. The second-order valence-electron chi connectivity index (χ2n) is 5.02.